The molecule has 1 aromatic heterocycles. The van der Waals surface area contributed by atoms with Crippen molar-refractivity contribution in [3.05, 3.63) is 65.5 Å². The Hall–Kier alpha value is -2.82. The number of nitrogens with one attached hydrogen (secondary N) is 3. The van der Waals surface area contributed by atoms with E-state index in [2.05, 4.69) is 63.7 Å². The van der Waals surface area contributed by atoms with Crippen LogP contribution < -0.4 is 10.6 Å². The molecule has 0 amide bonds. The number of fused-ring (bicyclic) bond motifs is 1. The van der Waals surface area contributed by atoms with Gasteiger partial charge < -0.3 is 15.6 Å². The Morgan fingerprint density at radius 3 is 2.64 bits per heavy atom. The van der Waals surface area contributed by atoms with Crippen LogP contribution in [-0.4, -0.2) is 29.0 Å². The van der Waals surface area contributed by atoms with Crippen LogP contribution in [0.1, 0.15) is 23.9 Å². The van der Waals surface area contributed by atoms with Gasteiger partial charge in [-0.3, -0.25) is 0 Å². The maximum atomic E-state index is 4.65. The fourth-order valence-electron chi connectivity index (χ4n) is 2.63. The van der Waals surface area contributed by atoms with Crippen molar-refractivity contribution in [2.24, 2.45) is 4.99 Å². The monoisotopic (exact) mass is 335 g/mol. The largest absolute Gasteiger partial charge is 0.357 e. The molecule has 3 aromatic rings. The third kappa shape index (κ3) is 4.83. The third-order valence-corrected chi connectivity index (χ3v) is 3.98. The molecule has 0 aliphatic carbocycles. The van der Waals surface area contributed by atoms with Gasteiger partial charge in [-0.2, -0.15) is 0 Å². The molecule has 0 saturated carbocycles. The van der Waals surface area contributed by atoms with Crippen molar-refractivity contribution in [3.63, 3.8) is 0 Å². The zero-order chi connectivity index (χ0) is 17.5. The number of para-hydroxylation sites is 2. The van der Waals surface area contributed by atoms with Crippen LogP contribution in [0.3, 0.4) is 0 Å². The molecule has 0 fully saturated rings. The predicted molar refractivity (Wildman–Crippen MR) is 104 cm³/mol. The Kier molecular flexibility index (Phi) is 5.67. The number of hydrogen-bond acceptors (Lipinski definition) is 2. The van der Waals surface area contributed by atoms with Gasteiger partial charge in [0.25, 0.3) is 0 Å². The van der Waals surface area contributed by atoms with Crippen LogP contribution in [0.15, 0.2) is 53.5 Å². The average Bonchev–Trinajstić information content (AvgIpc) is 3.04. The average molecular weight is 335 g/mol. The van der Waals surface area contributed by atoms with Crippen molar-refractivity contribution < 1.29 is 0 Å². The van der Waals surface area contributed by atoms with E-state index in [1.165, 1.54) is 11.1 Å². The van der Waals surface area contributed by atoms with Crippen LogP contribution in [0.2, 0.25) is 0 Å². The molecule has 2 aromatic carbocycles. The number of aryl methyl sites for hydroxylation is 1. The lowest BCUT2D eigenvalue weighted by molar-refractivity contribution is 0.780. The second-order valence-corrected chi connectivity index (χ2v) is 6.06. The van der Waals surface area contributed by atoms with Crippen molar-refractivity contribution in [2.45, 2.75) is 26.8 Å². The summed E-state index contributed by atoms with van der Waals surface area (Å²) < 4.78 is 0. The normalized spacial score (nSPS) is 11.7. The van der Waals surface area contributed by atoms with Gasteiger partial charge in [0.1, 0.15) is 5.82 Å². The molecular weight excluding hydrogens is 310 g/mol. The fraction of sp³-hybridized carbons (Fsp3) is 0.300. The third-order valence-electron chi connectivity index (χ3n) is 3.98. The summed E-state index contributed by atoms with van der Waals surface area (Å²) in [7, 11) is 0. The van der Waals surface area contributed by atoms with Crippen LogP contribution in [0.4, 0.5) is 0 Å². The zero-order valence-electron chi connectivity index (χ0n) is 14.8. The van der Waals surface area contributed by atoms with Crippen LogP contribution >= 0.6 is 0 Å². The van der Waals surface area contributed by atoms with E-state index in [1.807, 2.05) is 24.3 Å². The number of guanidine groups is 1. The van der Waals surface area contributed by atoms with Gasteiger partial charge >= 0.3 is 0 Å². The summed E-state index contributed by atoms with van der Waals surface area (Å²) in [4.78, 5) is 12.6. The molecule has 5 heteroatoms. The number of aliphatic imine (C=N–C) groups is 1. The van der Waals surface area contributed by atoms with Crippen molar-refractivity contribution in [1.29, 1.82) is 0 Å². The number of rotatable bonds is 6. The van der Waals surface area contributed by atoms with E-state index in [1.54, 1.807) is 0 Å². The van der Waals surface area contributed by atoms with E-state index in [4.69, 9.17) is 0 Å². The number of nitrogens with zero attached hydrogens (tertiary/aromatic N) is 2. The van der Waals surface area contributed by atoms with E-state index in [9.17, 15) is 0 Å². The Labute approximate surface area is 148 Å². The topological polar surface area (TPSA) is 65.1 Å². The molecule has 0 aliphatic rings. The lowest BCUT2D eigenvalue weighted by Crippen LogP contribution is -2.38. The highest BCUT2D eigenvalue weighted by Gasteiger charge is 2.03. The second-order valence-electron chi connectivity index (χ2n) is 6.06. The fourth-order valence-corrected chi connectivity index (χ4v) is 2.63. The van der Waals surface area contributed by atoms with Crippen LogP contribution in [0, 0.1) is 6.92 Å². The summed E-state index contributed by atoms with van der Waals surface area (Å²) in [6.07, 6.45) is 0.823. The molecule has 0 radical (unpaired) electrons. The Balaban J connectivity index is 1.55. The molecule has 1 heterocycles. The van der Waals surface area contributed by atoms with Gasteiger partial charge in [-0.15, -0.1) is 0 Å². The van der Waals surface area contributed by atoms with Crippen LogP contribution in [-0.2, 0) is 13.0 Å². The van der Waals surface area contributed by atoms with E-state index in [0.29, 0.717) is 6.54 Å². The summed E-state index contributed by atoms with van der Waals surface area (Å²) in [5.74, 6) is 1.82. The first-order chi connectivity index (χ1) is 12.2. The number of benzene rings is 2. The van der Waals surface area contributed by atoms with Gasteiger partial charge in [0.15, 0.2) is 5.96 Å². The molecule has 5 nitrogen and oxygen atoms in total. The second kappa shape index (κ2) is 8.33. The molecule has 3 rings (SSSR count). The van der Waals surface area contributed by atoms with E-state index < -0.39 is 0 Å². The maximum Gasteiger partial charge on any atom is 0.191 e. The summed E-state index contributed by atoms with van der Waals surface area (Å²) in [6, 6.07) is 16.6. The molecule has 0 atom stereocenters. The number of H-pyrrole nitrogens is 1. The maximum absolute atomic E-state index is 4.65. The molecule has 0 spiro atoms. The van der Waals surface area contributed by atoms with Gasteiger partial charge in [0.2, 0.25) is 0 Å². The smallest absolute Gasteiger partial charge is 0.191 e. The van der Waals surface area contributed by atoms with Crippen molar-refractivity contribution in [2.75, 3.05) is 13.1 Å². The Bertz CT molecular complexity index is 800. The minimum Gasteiger partial charge on any atom is -0.357 e. The molecule has 130 valence electrons. The molecule has 25 heavy (non-hydrogen) atoms. The summed E-state index contributed by atoms with van der Waals surface area (Å²) in [5.41, 5.74) is 4.57. The van der Waals surface area contributed by atoms with E-state index in [0.717, 1.165) is 42.3 Å². The van der Waals surface area contributed by atoms with Crippen molar-refractivity contribution >= 4 is 17.0 Å². The number of aromatic amines is 1. The molecule has 0 saturated heterocycles. The van der Waals surface area contributed by atoms with Gasteiger partial charge in [-0.1, -0.05) is 42.0 Å². The van der Waals surface area contributed by atoms with Crippen LogP contribution in [0.25, 0.3) is 11.0 Å². The molecule has 0 aliphatic heterocycles. The Morgan fingerprint density at radius 2 is 1.88 bits per heavy atom. The molecule has 0 unspecified atom stereocenters. The molecule has 3 N–H and O–H groups in total. The van der Waals surface area contributed by atoms with E-state index in [-0.39, 0.29) is 0 Å². The first-order valence-corrected chi connectivity index (χ1v) is 8.76. The molecule has 0 bridgehead atoms. The highest BCUT2D eigenvalue weighted by molar-refractivity contribution is 5.79. The first-order valence-electron chi connectivity index (χ1n) is 8.76. The minimum atomic E-state index is 0.667. The van der Waals surface area contributed by atoms with Crippen LogP contribution in [0.5, 0.6) is 0 Å². The lowest BCUT2D eigenvalue weighted by Gasteiger charge is -2.10. The van der Waals surface area contributed by atoms with E-state index >= 15 is 0 Å². The molecular formula is C20H25N5. The van der Waals surface area contributed by atoms with Gasteiger partial charge in [-0.05, 0) is 31.5 Å². The van der Waals surface area contributed by atoms with Crippen molar-refractivity contribution in [1.82, 2.24) is 20.6 Å². The number of aromatic nitrogens is 2. The minimum absolute atomic E-state index is 0.667. The zero-order valence-corrected chi connectivity index (χ0v) is 14.8. The van der Waals surface area contributed by atoms with Gasteiger partial charge in [0.05, 0.1) is 17.6 Å². The summed E-state index contributed by atoms with van der Waals surface area (Å²) in [6.45, 7) is 6.45. The number of imidazole rings is 1. The summed E-state index contributed by atoms with van der Waals surface area (Å²) in [5, 5.41) is 6.66. The summed E-state index contributed by atoms with van der Waals surface area (Å²) >= 11 is 0. The number of hydrogen-bond donors (Lipinski definition) is 3. The SMILES string of the molecule is CCNC(=NCc1ccc(C)cc1)NCCc1nc2ccccc2[nH]1. The van der Waals surface area contributed by atoms with Crippen molar-refractivity contribution in [3.8, 4) is 0 Å². The van der Waals surface area contributed by atoms with Gasteiger partial charge in [-0.25, -0.2) is 9.98 Å². The quantitative estimate of drug-likeness (QED) is 0.479. The predicted octanol–water partition coefficient (Wildman–Crippen LogP) is 3.17. The van der Waals surface area contributed by atoms with Gasteiger partial charge in [0, 0.05) is 19.5 Å². The highest BCUT2D eigenvalue weighted by Crippen LogP contribution is 2.10. The first kappa shape index (κ1) is 17.0. The standard InChI is InChI=1S/C20H25N5/c1-3-21-20(23-14-16-10-8-15(2)9-11-16)22-13-12-19-24-17-6-4-5-7-18(17)25-19/h4-11H,3,12-14H2,1-2H3,(H,24,25)(H2,21,22,23). The Morgan fingerprint density at radius 1 is 1.08 bits per heavy atom. The highest BCUT2D eigenvalue weighted by atomic mass is 15.2. The lowest BCUT2D eigenvalue weighted by atomic mass is 10.1.